The van der Waals surface area contributed by atoms with Crippen LogP contribution in [0.5, 0.6) is 5.75 Å². The number of quaternary nitrogens is 1. The molecule has 0 saturated heterocycles. The molecule has 0 bridgehead atoms. The van der Waals surface area contributed by atoms with Crippen molar-refractivity contribution in [1.82, 2.24) is 0 Å². The van der Waals surface area contributed by atoms with Gasteiger partial charge in [0.1, 0.15) is 12.3 Å². The van der Waals surface area contributed by atoms with Gasteiger partial charge in [0.05, 0.1) is 26.8 Å². The average molecular weight is 553 g/mol. The van der Waals surface area contributed by atoms with E-state index in [1.165, 1.54) is 81.8 Å². The van der Waals surface area contributed by atoms with Gasteiger partial charge in [0, 0.05) is 18.4 Å². The van der Waals surface area contributed by atoms with Crippen LogP contribution in [0, 0.1) is 0 Å². The van der Waals surface area contributed by atoms with E-state index in [4.69, 9.17) is 9.47 Å². The van der Waals surface area contributed by atoms with E-state index < -0.39 is 0 Å². The fourth-order valence-corrected chi connectivity index (χ4v) is 5.55. The van der Waals surface area contributed by atoms with Crippen LogP contribution >= 0.6 is 0 Å². The molecular formula is C36H58NO3+. The van der Waals surface area contributed by atoms with Gasteiger partial charge in [-0.15, -0.1) is 0 Å². The molecule has 0 heterocycles. The van der Waals surface area contributed by atoms with E-state index in [2.05, 4.69) is 64.3 Å². The predicted octanol–water partition coefficient (Wildman–Crippen LogP) is 9.30. The number of unbranched alkanes of at least 4 members (excludes halogenated alkanes) is 10. The quantitative estimate of drug-likeness (QED) is 0.0829. The van der Waals surface area contributed by atoms with Crippen molar-refractivity contribution in [3.63, 3.8) is 0 Å². The molecule has 0 aliphatic carbocycles. The summed E-state index contributed by atoms with van der Waals surface area (Å²) in [5, 5.41) is 0. The molecule has 0 radical (unpaired) electrons. The van der Waals surface area contributed by atoms with Crippen molar-refractivity contribution in [2.75, 3.05) is 20.7 Å². The van der Waals surface area contributed by atoms with Crippen LogP contribution in [-0.4, -0.2) is 43.3 Å². The van der Waals surface area contributed by atoms with Gasteiger partial charge in [-0.3, -0.25) is 0 Å². The van der Waals surface area contributed by atoms with Crippen LogP contribution in [0.2, 0.25) is 0 Å². The maximum absolute atomic E-state index is 12.9. The molecule has 4 heteroatoms. The minimum Gasteiger partial charge on any atom is -0.491 e. The topological polar surface area (TPSA) is 35.5 Å². The van der Waals surface area contributed by atoms with Crippen LogP contribution in [0.15, 0.2) is 54.6 Å². The number of nitrogens with zero attached hydrogens (tertiary/aromatic N) is 1. The van der Waals surface area contributed by atoms with Crippen molar-refractivity contribution in [3.8, 4) is 5.75 Å². The van der Waals surface area contributed by atoms with E-state index >= 15 is 0 Å². The van der Waals surface area contributed by atoms with Crippen LogP contribution < -0.4 is 4.74 Å². The summed E-state index contributed by atoms with van der Waals surface area (Å²) in [6.07, 6.45) is 17.7. The highest BCUT2D eigenvalue weighted by molar-refractivity contribution is 5.74. The van der Waals surface area contributed by atoms with Crippen molar-refractivity contribution >= 4 is 5.97 Å². The lowest BCUT2D eigenvalue weighted by Gasteiger charge is -2.36. The number of carbonyl (C=O) groups is 1. The zero-order valence-corrected chi connectivity index (χ0v) is 26.3. The largest absolute Gasteiger partial charge is 0.491 e. The van der Waals surface area contributed by atoms with Crippen LogP contribution in [0.25, 0.3) is 0 Å². The normalized spacial score (nSPS) is 13.1. The predicted molar refractivity (Wildman–Crippen MR) is 169 cm³/mol. The average Bonchev–Trinajstić information content (AvgIpc) is 2.93. The van der Waals surface area contributed by atoms with Gasteiger partial charge in [-0.25, -0.2) is 4.79 Å². The number of likely N-dealkylation sites (N-methyl/N-ethyl adjacent to an activating group) is 1. The van der Waals surface area contributed by atoms with Crippen molar-refractivity contribution < 1.29 is 18.8 Å². The summed E-state index contributed by atoms with van der Waals surface area (Å²) < 4.78 is 12.4. The highest BCUT2D eigenvalue weighted by Crippen LogP contribution is 2.20. The number of rotatable bonds is 22. The van der Waals surface area contributed by atoms with Crippen molar-refractivity contribution in [1.29, 1.82) is 0 Å². The highest BCUT2D eigenvalue weighted by atomic mass is 16.5. The van der Waals surface area contributed by atoms with E-state index in [1.54, 1.807) is 0 Å². The molecular weight excluding hydrogens is 494 g/mol. The molecule has 224 valence electrons. The fraction of sp³-hybridized carbons (Fsp3) is 0.639. The molecule has 2 atom stereocenters. The van der Waals surface area contributed by atoms with E-state index in [1.807, 2.05) is 25.1 Å². The second-order valence-corrected chi connectivity index (χ2v) is 12.2. The van der Waals surface area contributed by atoms with Crippen LogP contribution in [-0.2, 0) is 22.5 Å². The van der Waals surface area contributed by atoms with Gasteiger partial charge in [-0.1, -0.05) is 121 Å². The number of aryl methyl sites for hydroxylation is 1. The first-order valence-corrected chi connectivity index (χ1v) is 16.1. The van der Waals surface area contributed by atoms with Gasteiger partial charge in [0.2, 0.25) is 0 Å². The van der Waals surface area contributed by atoms with Crippen LogP contribution in [0.1, 0.15) is 115 Å². The first-order valence-electron chi connectivity index (χ1n) is 16.1. The molecule has 0 aromatic heterocycles. The van der Waals surface area contributed by atoms with E-state index in [-0.39, 0.29) is 18.1 Å². The molecule has 2 aromatic carbocycles. The Morgan fingerprint density at radius 1 is 0.750 bits per heavy atom. The first kappa shape index (κ1) is 33.9. The molecule has 4 nitrogen and oxygen atoms in total. The Kier molecular flexibility index (Phi) is 16.7. The number of carbonyl (C=O) groups excluding carboxylic acids is 1. The van der Waals surface area contributed by atoms with E-state index in [9.17, 15) is 4.79 Å². The molecule has 0 fully saturated rings. The van der Waals surface area contributed by atoms with Gasteiger partial charge < -0.3 is 14.0 Å². The third-order valence-electron chi connectivity index (χ3n) is 8.03. The monoisotopic (exact) mass is 552 g/mol. The van der Waals surface area contributed by atoms with E-state index in [0.29, 0.717) is 17.5 Å². The molecule has 0 aliphatic rings. The third-order valence-corrected chi connectivity index (χ3v) is 8.03. The van der Waals surface area contributed by atoms with E-state index in [0.717, 1.165) is 25.1 Å². The van der Waals surface area contributed by atoms with Gasteiger partial charge in [-0.05, 0) is 37.5 Å². The summed E-state index contributed by atoms with van der Waals surface area (Å²) in [6, 6.07) is 18.7. The maximum Gasteiger partial charge on any atom is 0.364 e. The minimum atomic E-state index is -0.190. The first-order chi connectivity index (χ1) is 19.4. The second kappa shape index (κ2) is 19.7. The Bertz CT molecular complexity index is 909. The summed E-state index contributed by atoms with van der Waals surface area (Å²) >= 11 is 0. The maximum atomic E-state index is 12.9. The standard InChI is InChI=1S/C36H58NO3/c1-6-8-9-10-11-12-13-14-15-16-18-21-32-24-26-34(27-25-32)40-31(3)28-29-39-36(38)35(7-2)37(4,5)30-33-22-19-17-20-23-33/h17,19-20,22-27,31,35H,6-16,18,21,28-30H2,1-5H3/q+1. The molecule has 2 rings (SSSR count). The number of hydrogen-bond donors (Lipinski definition) is 0. The van der Waals surface area contributed by atoms with Gasteiger partial charge in [0.25, 0.3) is 0 Å². The lowest BCUT2D eigenvalue weighted by Crippen LogP contribution is -2.52. The van der Waals surface area contributed by atoms with Crippen LogP contribution in [0.4, 0.5) is 0 Å². The Morgan fingerprint density at radius 2 is 1.32 bits per heavy atom. The minimum absolute atomic E-state index is 0.0165. The van der Waals surface area contributed by atoms with Gasteiger partial charge in [0.15, 0.2) is 6.04 Å². The summed E-state index contributed by atoms with van der Waals surface area (Å²) in [6.45, 7) is 7.55. The zero-order valence-electron chi connectivity index (χ0n) is 26.3. The van der Waals surface area contributed by atoms with Gasteiger partial charge in [-0.2, -0.15) is 0 Å². The summed E-state index contributed by atoms with van der Waals surface area (Å²) in [7, 11) is 4.21. The molecule has 0 saturated carbocycles. The molecule has 0 aliphatic heterocycles. The fourth-order valence-electron chi connectivity index (χ4n) is 5.55. The Balaban J connectivity index is 1.60. The highest BCUT2D eigenvalue weighted by Gasteiger charge is 2.35. The third kappa shape index (κ3) is 13.8. The second-order valence-electron chi connectivity index (χ2n) is 12.2. The Labute approximate surface area is 246 Å². The molecule has 0 amide bonds. The smallest absolute Gasteiger partial charge is 0.364 e. The summed E-state index contributed by atoms with van der Waals surface area (Å²) in [5.41, 5.74) is 2.61. The SMILES string of the molecule is CCCCCCCCCCCCCc1ccc(OC(C)CCOC(=O)C(CC)[N+](C)(C)Cc2ccccc2)cc1. The lowest BCUT2D eigenvalue weighted by atomic mass is 10.0. The number of benzene rings is 2. The van der Waals surface area contributed by atoms with Gasteiger partial charge >= 0.3 is 5.97 Å². The molecule has 40 heavy (non-hydrogen) atoms. The van der Waals surface area contributed by atoms with Crippen LogP contribution in [0.3, 0.4) is 0 Å². The summed E-state index contributed by atoms with van der Waals surface area (Å²) in [5.74, 6) is 0.760. The zero-order chi connectivity index (χ0) is 29.1. The van der Waals surface area contributed by atoms with Crippen molar-refractivity contribution in [2.24, 2.45) is 0 Å². The van der Waals surface area contributed by atoms with Crippen molar-refractivity contribution in [3.05, 3.63) is 65.7 Å². The lowest BCUT2D eigenvalue weighted by molar-refractivity contribution is -0.919. The molecule has 2 unspecified atom stereocenters. The van der Waals surface area contributed by atoms with Crippen molar-refractivity contribution in [2.45, 2.75) is 129 Å². The number of hydrogen-bond acceptors (Lipinski definition) is 3. The molecule has 0 N–H and O–H groups in total. The Hall–Kier alpha value is -2.33. The molecule has 0 spiro atoms. The number of esters is 1. The molecule has 2 aromatic rings. The Morgan fingerprint density at radius 3 is 1.90 bits per heavy atom. The number of ether oxygens (including phenoxy) is 2. The summed E-state index contributed by atoms with van der Waals surface area (Å²) in [4.78, 5) is 12.9.